The van der Waals surface area contributed by atoms with Crippen molar-refractivity contribution in [2.24, 2.45) is 23.5 Å². The molecule has 4 N–H and O–H groups in total. The van der Waals surface area contributed by atoms with E-state index in [1.54, 1.807) is 0 Å². The van der Waals surface area contributed by atoms with Crippen molar-refractivity contribution in [3.05, 3.63) is 30.6 Å². The van der Waals surface area contributed by atoms with Crippen molar-refractivity contribution in [1.29, 1.82) is 0 Å². The Morgan fingerprint density at radius 1 is 1.17 bits per heavy atom. The summed E-state index contributed by atoms with van der Waals surface area (Å²) in [7, 11) is 0. The van der Waals surface area contributed by atoms with Crippen LogP contribution in [0.25, 0.3) is 11.4 Å². The van der Waals surface area contributed by atoms with Crippen molar-refractivity contribution in [3.63, 3.8) is 0 Å². The average Bonchev–Trinajstić information content (AvgIpc) is 3.09. The molecule has 4 rings (SSSR count). The topological polar surface area (TPSA) is 96.7 Å². The van der Waals surface area contributed by atoms with Crippen molar-refractivity contribution in [3.8, 4) is 11.4 Å². The molecule has 6 nitrogen and oxygen atoms in total. The summed E-state index contributed by atoms with van der Waals surface area (Å²) in [6, 6.07) is 7.98. The Balaban J connectivity index is 1.41. The first kappa shape index (κ1) is 15.3. The van der Waals surface area contributed by atoms with E-state index >= 15 is 0 Å². The third-order valence-corrected chi connectivity index (χ3v) is 5.62. The highest BCUT2D eigenvalue weighted by Gasteiger charge is 2.40. The number of hydrogen-bond acceptors (Lipinski definition) is 4. The van der Waals surface area contributed by atoms with Gasteiger partial charge >= 0.3 is 0 Å². The van der Waals surface area contributed by atoms with Gasteiger partial charge in [0.2, 0.25) is 5.91 Å². The molecule has 0 spiro atoms. The molecule has 2 bridgehead atoms. The molecule has 0 radical (unpaired) electrons. The number of carbonyl (C=O) groups is 1. The average molecular weight is 325 g/mol. The lowest BCUT2D eigenvalue weighted by molar-refractivity contribution is -0.122. The summed E-state index contributed by atoms with van der Waals surface area (Å²) in [5.41, 5.74) is 8.09. The van der Waals surface area contributed by atoms with Crippen molar-refractivity contribution in [2.45, 2.75) is 38.1 Å². The van der Waals surface area contributed by atoms with Gasteiger partial charge in [-0.25, -0.2) is 4.98 Å². The minimum atomic E-state index is 0.0917. The van der Waals surface area contributed by atoms with Crippen LogP contribution in [0.1, 0.15) is 32.1 Å². The molecule has 2 atom stereocenters. The number of fused-ring (bicyclic) bond motifs is 2. The number of nitrogens with one attached hydrogen (secondary N) is 2. The van der Waals surface area contributed by atoms with E-state index in [1.165, 1.54) is 25.6 Å². The third kappa shape index (κ3) is 2.94. The zero-order chi connectivity index (χ0) is 16.5. The summed E-state index contributed by atoms with van der Waals surface area (Å²) < 4.78 is 0. The summed E-state index contributed by atoms with van der Waals surface area (Å²) in [6.45, 7) is 0. The molecule has 2 fully saturated rings. The molecular formula is C18H23N5O. The van der Waals surface area contributed by atoms with E-state index in [1.807, 2.05) is 24.3 Å². The van der Waals surface area contributed by atoms with Crippen LogP contribution in [0, 0.1) is 17.8 Å². The van der Waals surface area contributed by atoms with Gasteiger partial charge < -0.3 is 11.1 Å². The molecule has 1 aromatic heterocycles. The number of aromatic amines is 1. The Hall–Kier alpha value is -2.21. The van der Waals surface area contributed by atoms with Gasteiger partial charge in [-0.15, -0.1) is 0 Å². The SMILES string of the molecule is NC1C2CCCC1CC(C(=O)Nc1ccc(-c3ncn[nH]3)cc1)C2. The number of hydrogen-bond donors (Lipinski definition) is 3. The third-order valence-electron chi connectivity index (χ3n) is 5.62. The quantitative estimate of drug-likeness (QED) is 0.808. The molecule has 24 heavy (non-hydrogen) atoms. The van der Waals surface area contributed by atoms with Crippen LogP contribution in [0.3, 0.4) is 0 Å². The fraction of sp³-hybridized carbons (Fsp3) is 0.500. The molecule has 1 heterocycles. The van der Waals surface area contributed by atoms with Crippen LogP contribution in [-0.4, -0.2) is 27.1 Å². The standard InChI is InChI=1S/C18H23N5O/c19-16-12-2-1-3-13(16)9-14(8-12)18(24)22-15-6-4-11(5-7-15)17-20-10-21-23-17/h4-7,10,12-14,16H,1-3,8-9,19H2,(H,22,24)(H,20,21,23). The van der Waals surface area contributed by atoms with Crippen molar-refractivity contribution < 1.29 is 4.79 Å². The minimum absolute atomic E-state index is 0.0917. The fourth-order valence-corrected chi connectivity index (χ4v) is 4.30. The summed E-state index contributed by atoms with van der Waals surface area (Å²) >= 11 is 0. The van der Waals surface area contributed by atoms with Crippen LogP contribution >= 0.6 is 0 Å². The van der Waals surface area contributed by atoms with E-state index in [0.717, 1.165) is 29.9 Å². The van der Waals surface area contributed by atoms with E-state index in [-0.39, 0.29) is 11.8 Å². The summed E-state index contributed by atoms with van der Waals surface area (Å²) in [6.07, 6.45) is 6.95. The first-order chi connectivity index (χ1) is 11.7. The molecule has 0 aliphatic heterocycles. The van der Waals surface area contributed by atoms with Crippen LogP contribution in [0.15, 0.2) is 30.6 Å². The zero-order valence-electron chi connectivity index (χ0n) is 13.6. The number of benzene rings is 1. The van der Waals surface area contributed by atoms with E-state index in [4.69, 9.17) is 5.73 Å². The van der Waals surface area contributed by atoms with Gasteiger partial charge in [-0.2, -0.15) is 5.10 Å². The number of nitrogens with zero attached hydrogens (tertiary/aromatic N) is 2. The van der Waals surface area contributed by atoms with E-state index < -0.39 is 0 Å². The maximum atomic E-state index is 12.6. The number of amides is 1. The highest BCUT2D eigenvalue weighted by atomic mass is 16.1. The normalized spacial score (nSPS) is 29.2. The number of carbonyl (C=O) groups excluding carboxylic acids is 1. The maximum absolute atomic E-state index is 12.6. The summed E-state index contributed by atoms with van der Waals surface area (Å²) in [5, 5.41) is 9.74. The highest BCUT2D eigenvalue weighted by molar-refractivity contribution is 5.92. The van der Waals surface area contributed by atoms with Crippen molar-refractivity contribution >= 4 is 11.6 Å². The largest absolute Gasteiger partial charge is 0.327 e. The molecule has 0 saturated heterocycles. The van der Waals surface area contributed by atoms with Crippen LogP contribution < -0.4 is 11.1 Å². The zero-order valence-corrected chi connectivity index (χ0v) is 13.6. The predicted molar refractivity (Wildman–Crippen MR) is 92.0 cm³/mol. The number of rotatable bonds is 3. The van der Waals surface area contributed by atoms with Gasteiger partial charge in [0.25, 0.3) is 0 Å². The second-order valence-electron chi connectivity index (χ2n) is 7.10. The molecule has 2 aliphatic carbocycles. The molecule has 1 amide bonds. The Labute approximate surface area is 141 Å². The number of H-pyrrole nitrogens is 1. The lowest BCUT2D eigenvalue weighted by Gasteiger charge is -2.43. The lowest BCUT2D eigenvalue weighted by Crippen LogP contribution is -2.48. The molecule has 2 aliphatic rings. The second kappa shape index (κ2) is 6.36. The summed E-state index contributed by atoms with van der Waals surface area (Å²) in [4.78, 5) is 16.8. The first-order valence-corrected chi connectivity index (χ1v) is 8.73. The first-order valence-electron chi connectivity index (χ1n) is 8.73. The van der Waals surface area contributed by atoms with Gasteiger partial charge in [-0.1, -0.05) is 6.42 Å². The van der Waals surface area contributed by atoms with E-state index in [9.17, 15) is 4.79 Å². The molecule has 2 unspecified atom stereocenters. The van der Waals surface area contributed by atoms with Crippen molar-refractivity contribution in [2.75, 3.05) is 5.32 Å². The Morgan fingerprint density at radius 3 is 2.50 bits per heavy atom. The van der Waals surface area contributed by atoms with Gasteiger partial charge in [-0.3, -0.25) is 9.89 Å². The monoisotopic (exact) mass is 325 g/mol. The number of aromatic nitrogens is 3. The van der Waals surface area contributed by atoms with Crippen LogP contribution in [0.2, 0.25) is 0 Å². The second-order valence-corrected chi connectivity index (χ2v) is 7.10. The summed E-state index contributed by atoms with van der Waals surface area (Å²) in [5.74, 6) is 1.98. The van der Waals surface area contributed by atoms with Gasteiger partial charge in [0, 0.05) is 23.2 Å². The van der Waals surface area contributed by atoms with Gasteiger partial charge in [0.15, 0.2) is 5.82 Å². The smallest absolute Gasteiger partial charge is 0.227 e. The van der Waals surface area contributed by atoms with E-state index in [0.29, 0.717) is 17.9 Å². The van der Waals surface area contributed by atoms with E-state index in [2.05, 4.69) is 20.5 Å². The molecular weight excluding hydrogens is 302 g/mol. The highest BCUT2D eigenvalue weighted by Crippen LogP contribution is 2.42. The van der Waals surface area contributed by atoms with Crippen LogP contribution in [0.4, 0.5) is 5.69 Å². The van der Waals surface area contributed by atoms with Gasteiger partial charge in [0.05, 0.1) is 0 Å². The lowest BCUT2D eigenvalue weighted by atomic mass is 9.65. The molecule has 2 saturated carbocycles. The minimum Gasteiger partial charge on any atom is -0.327 e. The number of anilines is 1. The fourth-order valence-electron chi connectivity index (χ4n) is 4.30. The molecule has 2 aromatic rings. The maximum Gasteiger partial charge on any atom is 0.227 e. The van der Waals surface area contributed by atoms with Crippen LogP contribution in [0.5, 0.6) is 0 Å². The number of nitrogens with two attached hydrogens (primary N) is 1. The van der Waals surface area contributed by atoms with Crippen molar-refractivity contribution in [1.82, 2.24) is 15.2 Å². The molecule has 1 aromatic carbocycles. The van der Waals surface area contributed by atoms with Gasteiger partial charge in [0.1, 0.15) is 6.33 Å². The Kier molecular flexibility index (Phi) is 4.06. The molecule has 126 valence electrons. The molecule has 6 heteroatoms. The Morgan fingerprint density at radius 2 is 1.88 bits per heavy atom. The van der Waals surface area contributed by atoms with Crippen LogP contribution in [-0.2, 0) is 4.79 Å². The Bertz CT molecular complexity index is 683. The van der Waals surface area contributed by atoms with Gasteiger partial charge in [-0.05, 0) is 61.8 Å². The predicted octanol–water partition coefficient (Wildman–Crippen LogP) is 2.56.